The van der Waals surface area contributed by atoms with Gasteiger partial charge in [0.25, 0.3) is 15.6 Å². The molecule has 2 saturated heterocycles. The van der Waals surface area contributed by atoms with Crippen molar-refractivity contribution in [1.29, 1.82) is 0 Å². The second-order valence-electron chi connectivity index (χ2n) is 9.52. The zero-order valence-corrected chi connectivity index (χ0v) is 23.4. The fourth-order valence-corrected chi connectivity index (χ4v) is 7.79. The summed E-state index contributed by atoms with van der Waals surface area (Å²) in [5.41, 5.74) is 1.45. The minimum Gasteiger partial charge on any atom is -0.466 e. The van der Waals surface area contributed by atoms with E-state index in [0.29, 0.717) is 61.0 Å². The summed E-state index contributed by atoms with van der Waals surface area (Å²) in [5, 5.41) is 4.48. The second kappa shape index (κ2) is 11.5. The van der Waals surface area contributed by atoms with Crippen molar-refractivity contribution in [3.63, 3.8) is 0 Å². The Kier molecular flexibility index (Phi) is 8.10. The Balaban J connectivity index is 1.46. The molecular formula is C26H30BN5O5S2. The van der Waals surface area contributed by atoms with Gasteiger partial charge in [-0.15, -0.1) is 11.3 Å². The lowest BCUT2D eigenvalue weighted by Gasteiger charge is -2.39. The predicted molar refractivity (Wildman–Crippen MR) is 152 cm³/mol. The number of thiophene rings is 1. The van der Waals surface area contributed by atoms with Crippen LogP contribution in [0.25, 0.3) is 5.69 Å². The molecule has 2 aliphatic heterocycles. The zero-order chi connectivity index (χ0) is 27.6. The molecule has 3 aromatic rings. The first-order valence-electron chi connectivity index (χ1n) is 13.0. The summed E-state index contributed by atoms with van der Waals surface area (Å²) in [5.74, 6) is -0.585. The number of sulfonamides is 1. The van der Waals surface area contributed by atoms with Crippen LogP contribution >= 0.6 is 11.3 Å². The highest BCUT2D eigenvalue weighted by molar-refractivity contribution is 7.91. The van der Waals surface area contributed by atoms with Crippen LogP contribution in [0.2, 0.25) is 0 Å². The highest BCUT2D eigenvalue weighted by Crippen LogP contribution is 2.31. The van der Waals surface area contributed by atoms with Gasteiger partial charge in [-0.05, 0) is 42.7 Å². The van der Waals surface area contributed by atoms with Crippen LogP contribution in [0.3, 0.4) is 0 Å². The van der Waals surface area contributed by atoms with Crippen LogP contribution in [-0.4, -0.2) is 82.2 Å². The van der Waals surface area contributed by atoms with Crippen molar-refractivity contribution in [2.45, 2.75) is 24.0 Å². The molecule has 2 fully saturated rings. The molecule has 0 bridgehead atoms. The van der Waals surface area contributed by atoms with Gasteiger partial charge in [0.15, 0.2) is 0 Å². The van der Waals surface area contributed by atoms with E-state index in [9.17, 15) is 18.0 Å². The molecule has 0 aliphatic carbocycles. The van der Waals surface area contributed by atoms with Crippen LogP contribution in [0.1, 0.15) is 19.8 Å². The molecule has 2 aromatic heterocycles. The number of benzene rings is 1. The molecule has 0 N–H and O–H groups in total. The Morgan fingerprint density at radius 1 is 1.08 bits per heavy atom. The molecule has 2 radical (unpaired) electrons. The quantitative estimate of drug-likeness (QED) is 0.312. The molecule has 2 aliphatic rings. The fourth-order valence-electron chi connectivity index (χ4n) is 5.12. The van der Waals surface area contributed by atoms with Gasteiger partial charge in [-0.25, -0.2) is 8.42 Å². The van der Waals surface area contributed by atoms with Crippen molar-refractivity contribution >= 4 is 51.3 Å². The lowest BCUT2D eigenvalue weighted by molar-refractivity contribution is -0.148. The van der Waals surface area contributed by atoms with Crippen molar-refractivity contribution in [2.24, 2.45) is 5.92 Å². The lowest BCUT2D eigenvalue weighted by Crippen LogP contribution is -2.50. The molecule has 4 heterocycles. The number of para-hydroxylation sites is 1. The maximum Gasteiger partial charge on any atom is 0.310 e. The number of carbonyl (C=O) groups is 1. The van der Waals surface area contributed by atoms with E-state index >= 15 is 0 Å². The third-order valence-corrected chi connectivity index (χ3v) is 10.3. The van der Waals surface area contributed by atoms with E-state index in [1.807, 2.05) is 40.1 Å². The topological polar surface area (TPSA) is 105 Å². The third-order valence-electron chi connectivity index (χ3n) is 7.07. The highest BCUT2D eigenvalue weighted by Gasteiger charge is 2.34. The number of hydrogen-bond acceptors (Lipinski definition) is 9. The van der Waals surface area contributed by atoms with Gasteiger partial charge < -0.3 is 14.5 Å². The van der Waals surface area contributed by atoms with Crippen molar-refractivity contribution in [3.8, 4) is 5.69 Å². The number of esters is 1. The van der Waals surface area contributed by atoms with Gasteiger partial charge in [0.2, 0.25) is 0 Å². The summed E-state index contributed by atoms with van der Waals surface area (Å²) in [7, 11) is 2.11. The highest BCUT2D eigenvalue weighted by atomic mass is 32.2. The van der Waals surface area contributed by atoms with E-state index in [1.54, 1.807) is 19.2 Å². The van der Waals surface area contributed by atoms with E-state index < -0.39 is 10.0 Å². The normalized spacial score (nSPS) is 18.7. The molecule has 39 heavy (non-hydrogen) atoms. The molecule has 0 amide bonds. The van der Waals surface area contributed by atoms with E-state index in [0.717, 1.165) is 17.8 Å². The van der Waals surface area contributed by atoms with Gasteiger partial charge in [0, 0.05) is 39.3 Å². The smallest absolute Gasteiger partial charge is 0.310 e. The first-order valence-corrected chi connectivity index (χ1v) is 15.2. The minimum atomic E-state index is -3.65. The number of piperazine rings is 1. The Bertz CT molecular complexity index is 1490. The molecule has 0 saturated carbocycles. The number of aromatic nitrogens is 2. The van der Waals surface area contributed by atoms with E-state index in [2.05, 4.69) is 5.10 Å². The molecule has 204 valence electrons. The third kappa shape index (κ3) is 5.61. The molecule has 1 aromatic carbocycles. The fraction of sp³-hybridized carbons (Fsp3) is 0.423. The summed E-state index contributed by atoms with van der Waals surface area (Å²) < 4.78 is 35.0. The van der Waals surface area contributed by atoms with Crippen LogP contribution in [0.5, 0.6) is 0 Å². The average molecular weight is 568 g/mol. The maximum atomic E-state index is 13.9. The minimum absolute atomic E-state index is 0.222. The van der Waals surface area contributed by atoms with Crippen molar-refractivity contribution in [2.75, 3.05) is 55.7 Å². The van der Waals surface area contributed by atoms with Gasteiger partial charge in [0.1, 0.15) is 17.7 Å². The van der Waals surface area contributed by atoms with Crippen LogP contribution in [0, 0.1) is 5.92 Å². The Labute approximate surface area is 233 Å². The number of piperidine rings is 1. The predicted octanol–water partition coefficient (Wildman–Crippen LogP) is 1.38. The monoisotopic (exact) mass is 567 g/mol. The van der Waals surface area contributed by atoms with Crippen molar-refractivity contribution in [3.05, 3.63) is 59.0 Å². The molecule has 0 spiro atoms. The van der Waals surface area contributed by atoms with Crippen molar-refractivity contribution < 1.29 is 17.9 Å². The number of carbonyl (C=O) groups excluding carboxylic acids is 1. The zero-order valence-electron chi connectivity index (χ0n) is 21.7. The van der Waals surface area contributed by atoms with E-state index in [1.165, 1.54) is 15.1 Å². The van der Waals surface area contributed by atoms with Crippen LogP contribution in [-0.2, 0) is 19.6 Å². The molecule has 1 atom stereocenters. The van der Waals surface area contributed by atoms with Gasteiger partial charge in [-0.3, -0.25) is 9.59 Å². The Morgan fingerprint density at radius 2 is 1.82 bits per heavy atom. The lowest BCUT2D eigenvalue weighted by atomic mass is 9.97. The average Bonchev–Trinajstić information content (AvgIpc) is 3.41. The SMILES string of the molecule is [B]c1ccc(S(=O)(=O)N2CCN(c3cnn(-c4ccccc4)c(=O)c3N3CCCC(C(=O)OCC)C3)CC2)s1. The van der Waals surface area contributed by atoms with Crippen molar-refractivity contribution in [1.82, 2.24) is 14.1 Å². The standard InChI is InChI=1S/C26H30BN5O5S2/c1-2-37-26(34)19-7-6-12-30(18-19)24-21(17-28-32(25(24)33)20-8-4-3-5-9-20)29-13-15-31(16-14-29)39(35,36)23-11-10-22(27)38-23/h3-5,8-11,17,19H,2,6-7,12-16,18H2,1H3. The van der Waals surface area contributed by atoms with Gasteiger partial charge >= 0.3 is 5.97 Å². The van der Waals surface area contributed by atoms with E-state index in [4.69, 9.17) is 12.6 Å². The first-order chi connectivity index (χ1) is 18.8. The van der Waals surface area contributed by atoms with Gasteiger partial charge in [-0.1, -0.05) is 24.3 Å². The molecule has 13 heteroatoms. The number of rotatable bonds is 7. The van der Waals surface area contributed by atoms with E-state index in [-0.39, 0.29) is 34.7 Å². The van der Waals surface area contributed by atoms with Crippen LogP contribution in [0.15, 0.2) is 57.7 Å². The molecule has 10 nitrogen and oxygen atoms in total. The van der Waals surface area contributed by atoms with Crippen LogP contribution < -0.4 is 20.1 Å². The summed E-state index contributed by atoms with van der Waals surface area (Å²) in [6, 6.07) is 12.3. The number of anilines is 2. The Morgan fingerprint density at radius 3 is 2.49 bits per heavy atom. The molecule has 5 rings (SSSR count). The molecule has 1 unspecified atom stereocenters. The number of nitrogens with zero attached hydrogens (tertiary/aromatic N) is 5. The number of ether oxygens (including phenoxy) is 1. The summed E-state index contributed by atoms with van der Waals surface area (Å²) in [6.07, 6.45) is 3.11. The van der Waals surface area contributed by atoms with Crippen LogP contribution in [0.4, 0.5) is 11.4 Å². The second-order valence-corrected chi connectivity index (χ2v) is 12.8. The largest absolute Gasteiger partial charge is 0.466 e. The summed E-state index contributed by atoms with van der Waals surface area (Å²) in [4.78, 5) is 30.5. The van der Waals surface area contributed by atoms with Gasteiger partial charge in [-0.2, -0.15) is 14.1 Å². The van der Waals surface area contributed by atoms with Gasteiger partial charge in [0.05, 0.1) is 30.1 Å². The maximum absolute atomic E-state index is 13.9. The summed E-state index contributed by atoms with van der Waals surface area (Å²) >= 11 is 1.05. The first kappa shape index (κ1) is 27.4. The number of hydrogen-bond donors (Lipinski definition) is 0. The summed E-state index contributed by atoms with van der Waals surface area (Å²) in [6.45, 7) is 4.36. The Hall–Kier alpha value is -3.16. The molecular weight excluding hydrogens is 537 g/mol.